The highest BCUT2D eigenvalue weighted by Crippen LogP contribution is 2.36. The van der Waals surface area contributed by atoms with E-state index in [0.717, 1.165) is 31.0 Å². The van der Waals surface area contributed by atoms with Crippen molar-refractivity contribution in [3.63, 3.8) is 0 Å². The molecule has 2 fully saturated rings. The fourth-order valence-electron chi connectivity index (χ4n) is 3.24. The van der Waals surface area contributed by atoms with Gasteiger partial charge in [0.15, 0.2) is 0 Å². The van der Waals surface area contributed by atoms with E-state index in [0.29, 0.717) is 4.99 Å². The van der Waals surface area contributed by atoms with E-state index in [-0.39, 0.29) is 0 Å². The van der Waals surface area contributed by atoms with Crippen molar-refractivity contribution in [2.75, 3.05) is 6.54 Å². The van der Waals surface area contributed by atoms with E-state index in [1.165, 1.54) is 44.9 Å². The highest BCUT2D eigenvalue weighted by atomic mass is 32.1. The topological polar surface area (TPSA) is 29.3 Å². The first-order valence-electron chi connectivity index (χ1n) is 7.24. The molecule has 0 radical (unpaired) electrons. The minimum atomic E-state index is 0.679. The van der Waals surface area contributed by atoms with E-state index >= 15 is 0 Å². The Balaban J connectivity index is 1.88. The maximum atomic E-state index is 5.65. The largest absolute Gasteiger partial charge is 0.393 e. The van der Waals surface area contributed by atoms with Crippen molar-refractivity contribution >= 4 is 17.2 Å². The Labute approximate surface area is 111 Å². The molecule has 0 aromatic rings. The standard InChI is InChI=1S/C14H26N2S/c1-2-11-4-3-5-13(10-11)16(12-6-7-12)9-8-14(15)17/h11-13H,2-10H2,1H3,(H2,15,17). The summed E-state index contributed by atoms with van der Waals surface area (Å²) in [6, 6.07) is 1.67. The van der Waals surface area contributed by atoms with E-state index in [1.807, 2.05) is 0 Å². The highest BCUT2D eigenvalue weighted by Gasteiger charge is 2.35. The third-order valence-electron chi connectivity index (χ3n) is 4.43. The molecule has 2 saturated carbocycles. The number of nitrogens with zero attached hydrogens (tertiary/aromatic N) is 1. The molecule has 2 aliphatic carbocycles. The van der Waals surface area contributed by atoms with Crippen LogP contribution in [0.3, 0.4) is 0 Å². The molecular weight excluding hydrogens is 228 g/mol. The van der Waals surface area contributed by atoms with Crippen LogP contribution in [0.25, 0.3) is 0 Å². The lowest BCUT2D eigenvalue weighted by Gasteiger charge is -2.37. The van der Waals surface area contributed by atoms with Crippen LogP contribution in [0.15, 0.2) is 0 Å². The molecule has 2 unspecified atom stereocenters. The molecule has 0 aromatic carbocycles. The van der Waals surface area contributed by atoms with Crippen molar-refractivity contribution in [1.82, 2.24) is 4.90 Å². The Morgan fingerprint density at radius 2 is 2.00 bits per heavy atom. The molecule has 2 N–H and O–H groups in total. The molecule has 2 nitrogen and oxygen atoms in total. The summed E-state index contributed by atoms with van der Waals surface area (Å²) in [6.45, 7) is 3.44. The number of nitrogens with two attached hydrogens (primary N) is 1. The van der Waals surface area contributed by atoms with Crippen molar-refractivity contribution in [3.8, 4) is 0 Å². The third-order valence-corrected chi connectivity index (χ3v) is 4.64. The zero-order chi connectivity index (χ0) is 12.3. The predicted octanol–water partition coefficient (Wildman–Crippen LogP) is 3.10. The molecule has 17 heavy (non-hydrogen) atoms. The number of hydrogen-bond donors (Lipinski definition) is 1. The fourth-order valence-corrected chi connectivity index (χ4v) is 3.33. The minimum absolute atomic E-state index is 0.679. The zero-order valence-corrected chi connectivity index (χ0v) is 11.8. The van der Waals surface area contributed by atoms with Crippen LogP contribution in [-0.4, -0.2) is 28.5 Å². The number of rotatable bonds is 6. The zero-order valence-electron chi connectivity index (χ0n) is 11.0. The second-order valence-corrected chi connectivity index (χ2v) is 6.30. The summed E-state index contributed by atoms with van der Waals surface area (Å²) in [5.41, 5.74) is 5.65. The van der Waals surface area contributed by atoms with Gasteiger partial charge in [-0.3, -0.25) is 4.90 Å². The second-order valence-electron chi connectivity index (χ2n) is 5.78. The van der Waals surface area contributed by atoms with Crippen molar-refractivity contribution < 1.29 is 0 Å². The van der Waals surface area contributed by atoms with E-state index in [1.54, 1.807) is 0 Å². The van der Waals surface area contributed by atoms with Gasteiger partial charge in [0.05, 0.1) is 4.99 Å². The lowest BCUT2D eigenvalue weighted by atomic mass is 9.83. The van der Waals surface area contributed by atoms with Gasteiger partial charge in [0.25, 0.3) is 0 Å². The molecule has 98 valence electrons. The molecule has 0 spiro atoms. The molecule has 0 saturated heterocycles. The average Bonchev–Trinajstić information content (AvgIpc) is 3.14. The van der Waals surface area contributed by atoms with Crippen LogP contribution in [-0.2, 0) is 0 Å². The van der Waals surface area contributed by atoms with Crippen molar-refractivity contribution in [1.29, 1.82) is 0 Å². The van der Waals surface area contributed by atoms with Gasteiger partial charge in [0.2, 0.25) is 0 Å². The van der Waals surface area contributed by atoms with Crippen LogP contribution < -0.4 is 5.73 Å². The summed E-state index contributed by atoms with van der Waals surface area (Å²) in [7, 11) is 0. The fraction of sp³-hybridized carbons (Fsp3) is 0.929. The normalized spacial score (nSPS) is 29.5. The summed E-state index contributed by atoms with van der Waals surface area (Å²) in [6.07, 6.45) is 10.7. The first-order chi connectivity index (χ1) is 8.20. The molecule has 2 rings (SSSR count). The molecule has 0 aliphatic heterocycles. The molecule has 3 heteroatoms. The Morgan fingerprint density at radius 3 is 2.59 bits per heavy atom. The van der Waals surface area contributed by atoms with Crippen LogP contribution in [0.5, 0.6) is 0 Å². The van der Waals surface area contributed by atoms with Crippen molar-refractivity contribution in [2.45, 2.75) is 70.4 Å². The van der Waals surface area contributed by atoms with Crippen LogP contribution >= 0.6 is 12.2 Å². The molecule has 0 aromatic heterocycles. The minimum Gasteiger partial charge on any atom is -0.393 e. The Kier molecular flexibility index (Phi) is 4.80. The van der Waals surface area contributed by atoms with Gasteiger partial charge in [-0.05, 0) is 31.6 Å². The van der Waals surface area contributed by atoms with Gasteiger partial charge in [-0.1, -0.05) is 38.4 Å². The van der Waals surface area contributed by atoms with E-state index in [4.69, 9.17) is 18.0 Å². The van der Waals surface area contributed by atoms with Gasteiger partial charge in [-0.25, -0.2) is 0 Å². The monoisotopic (exact) mass is 254 g/mol. The van der Waals surface area contributed by atoms with E-state index < -0.39 is 0 Å². The maximum Gasteiger partial charge on any atom is 0.0740 e. The highest BCUT2D eigenvalue weighted by molar-refractivity contribution is 7.80. The van der Waals surface area contributed by atoms with Gasteiger partial charge in [0, 0.05) is 25.0 Å². The number of thiocarbonyl (C=S) groups is 1. The second kappa shape index (κ2) is 6.14. The molecule has 0 heterocycles. The summed E-state index contributed by atoms with van der Waals surface area (Å²) in [4.78, 5) is 3.40. The first kappa shape index (κ1) is 13.3. The van der Waals surface area contributed by atoms with Crippen LogP contribution in [0, 0.1) is 5.92 Å². The summed E-state index contributed by atoms with van der Waals surface area (Å²) >= 11 is 5.02. The van der Waals surface area contributed by atoms with Crippen LogP contribution in [0.2, 0.25) is 0 Å². The quantitative estimate of drug-likeness (QED) is 0.739. The third kappa shape index (κ3) is 3.92. The summed E-state index contributed by atoms with van der Waals surface area (Å²) in [5.74, 6) is 0.958. The van der Waals surface area contributed by atoms with Crippen LogP contribution in [0.4, 0.5) is 0 Å². The molecule has 2 atom stereocenters. The Bertz CT molecular complexity index is 263. The van der Waals surface area contributed by atoms with Gasteiger partial charge >= 0.3 is 0 Å². The first-order valence-corrected chi connectivity index (χ1v) is 7.65. The molecular formula is C14H26N2S. The Hall–Kier alpha value is -0.150. The summed E-state index contributed by atoms with van der Waals surface area (Å²) in [5, 5.41) is 0. The lowest BCUT2D eigenvalue weighted by Crippen LogP contribution is -2.41. The van der Waals surface area contributed by atoms with Gasteiger partial charge < -0.3 is 5.73 Å². The van der Waals surface area contributed by atoms with E-state index in [9.17, 15) is 0 Å². The number of hydrogen-bond acceptors (Lipinski definition) is 2. The van der Waals surface area contributed by atoms with E-state index in [2.05, 4.69) is 11.8 Å². The smallest absolute Gasteiger partial charge is 0.0740 e. The van der Waals surface area contributed by atoms with Crippen molar-refractivity contribution in [3.05, 3.63) is 0 Å². The van der Waals surface area contributed by atoms with Gasteiger partial charge in [-0.2, -0.15) is 0 Å². The Morgan fingerprint density at radius 1 is 1.24 bits per heavy atom. The van der Waals surface area contributed by atoms with Crippen molar-refractivity contribution in [2.24, 2.45) is 11.7 Å². The molecule has 0 bridgehead atoms. The average molecular weight is 254 g/mol. The van der Waals surface area contributed by atoms with Gasteiger partial charge in [0.1, 0.15) is 0 Å². The summed E-state index contributed by atoms with van der Waals surface area (Å²) < 4.78 is 0. The lowest BCUT2D eigenvalue weighted by molar-refractivity contribution is 0.123. The van der Waals surface area contributed by atoms with Gasteiger partial charge in [-0.15, -0.1) is 0 Å². The predicted molar refractivity (Wildman–Crippen MR) is 77.2 cm³/mol. The SMILES string of the molecule is CCC1CCCC(N(CCC(N)=S)C2CC2)C1. The molecule has 0 amide bonds. The maximum absolute atomic E-state index is 5.65. The van der Waals surface area contributed by atoms with Crippen LogP contribution in [0.1, 0.15) is 58.3 Å². The molecule has 2 aliphatic rings.